The maximum absolute atomic E-state index is 11.9. The SMILES string of the molecule is CC(C)CC(CNC(=O)Oc1ccccc1)N1CCCC1. The second-order valence-electron chi connectivity index (χ2n) is 6.11. The van der Waals surface area contributed by atoms with Crippen molar-refractivity contribution in [3.63, 3.8) is 0 Å². The summed E-state index contributed by atoms with van der Waals surface area (Å²) in [5.74, 6) is 1.21. The number of hydrogen-bond donors (Lipinski definition) is 1. The van der Waals surface area contributed by atoms with E-state index >= 15 is 0 Å². The molecule has 1 aliphatic rings. The van der Waals surface area contributed by atoms with Gasteiger partial charge in [-0.3, -0.25) is 4.90 Å². The van der Waals surface area contributed by atoms with Crippen molar-refractivity contribution >= 4 is 6.09 Å². The second-order valence-corrected chi connectivity index (χ2v) is 6.11. The molecule has 1 saturated heterocycles. The van der Waals surface area contributed by atoms with E-state index < -0.39 is 0 Å². The molecule has 4 heteroatoms. The predicted molar refractivity (Wildman–Crippen MR) is 84.5 cm³/mol. The third-order valence-corrected chi connectivity index (χ3v) is 3.84. The molecule has 1 N–H and O–H groups in total. The first-order valence-electron chi connectivity index (χ1n) is 7.90. The number of rotatable bonds is 6. The van der Waals surface area contributed by atoms with Crippen LogP contribution in [0.2, 0.25) is 0 Å². The minimum absolute atomic E-state index is 0.367. The highest BCUT2D eigenvalue weighted by Gasteiger charge is 2.23. The zero-order chi connectivity index (χ0) is 15.1. The highest BCUT2D eigenvalue weighted by Crippen LogP contribution is 2.17. The summed E-state index contributed by atoms with van der Waals surface area (Å²) in [7, 11) is 0. The molecular weight excluding hydrogens is 264 g/mol. The number of nitrogens with zero attached hydrogens (tertiary/aromatic N) is 1. The molecule has 1 aromatic rings. The number of amides is 1. The van der Waals surface area contributed by atoms with E-state index in [0.717, 1.165) is 19.5 Å². The molecule has 1 aromatic carbocycles. The van der Waals surface area contributed by atoms with Gasteiger partial charge in [-0.05, 0) is 50.4 Å². The molecule has 0 aromatic heterocycles. The predicted octanol–water partition coefficient (Wildman–Crippen LogP) is 3.29. The Morgan fingerprint density at radius 3 is 2.52 bits per heavy atom. The average Bonchev–Trinajstić information content (AvgIpc) is 2.98. The quantitative estimate of drug-likeness (QED) is 0.874. The van der Waals surface area contributed by atoms with Gasteiger partial charge in [-0.1, -0.05) is 32.0 Å². The van der Waals surface area contributed by atoms with Crippen LogP contribution in [0.4, 0.5) is 4.79 Å². The molecule has 116 valence electrons. The highest BCUT2D eigenvalue weighted by atomic mass is 16.6. The van der Waals surface area contributed by atoms with Gasteiger partial charge >= 0.3 is 6.09 Å². The molecule has 4 nitrogen and oxygen atoms in total. The number of para-hydroxylation sites is 1. The first-order valence-corrected chi connectivity index (χ1v) is 7.90. The fourth-order valence-electron chi connectivity index (χ4n) is 2.85. The molecule has 1 heterocycles. The smallest absolute Gasteiger partial charge is 0.410 e. The van der Waals surface area contributed by atoms with Crippen LogP contribution < -0.4 is 10.1 Å². The van der Waals surface area contributed by atoms with Crippen LogP contribution in [0.5, 0.6) is 5.75 Å². The standard InChI is InChI=1S/C17H26N2O2/c1-14(2)12-15(19-10-6-7-11-19)13-18-17(20)21-16-8-4-3-5-9-16/h3-5,8-9,14-15H,6-7,10-13H2,1-2H3,(H,18,20). The Morgan fingerprint density at radius 2 is 1.90 bits per heavy atom. The van der Waals surface area contributed by atoms with Gasteiger partial charge in [0.15, 0.2) is 0 Å². The first kappa shape index (κ1) is 15.8. The molecule has 0 aliphatic carbocycles. The van der Waals surface area contributed by atoms with E-state index in [-0.39, 0.29) is 6.09 Å². The van der Waals surface area contributed by atoms with Crippen molar-refractivity contribution in [3.05, 3.63) is 30.3 Å². The van der Waals surface area contributed by atoms with Crippen molar-refractivity contribution in [3.8, 4) is 5.75 Å². The monoisotopic (exact) mass is 290 g/mol. The molecule has 1 aliphatic heterocycles. The fraction of sp³-hybridized carbons (Fsp3) is 0.588. The van der Waals surface area contributed by atoms with E-state index in [1.165, 1.54) is 12.8 Å². The van der Waals surface area contributed by atoms with Crippen LogP contribution >= 0.6 is 0 Å². The Balaban J connectivity index is 1.81. The van der Waals surface area contributed by atoms with Gasteiger partial charge < -0.3 is 10.1 Å². The van der Waals surface area contributed by atoms with Crippen LogP contribution in [0.3, 0.4) is 0 Å². The topological polar surface area (TPSA) is 41.6 Å². The number of carbonyl (C=O) groups excluding carboxylic acids is 1. The van der Waals surface area contributed by atoms with Crippen molar-refractivity contribution in [2.75, 3.05) is 19.6 Å². The van der Waals surface area contributed by atoms with Crippen LogP contribution in [-0.2, 0) is 0 Å². The average molecular weight is 290 g/mol. The number of likely N-dealkylation sites (tertiary alicyclic amines) is 1. The molecule has 1 amide bonds. The van der Waals surface area contributed by atoms with Gasteiger partial charge in [0.05, 0.1) is 0 Å². The third-order valence-electron chi connectivity index (χ3n) is 3.84. The molecule has 1 fully saturated rings. The van der Waals surface area contributed by atoms with Crippen LogP contribution in [-0.4, -0.2) is 36.7 Å². The molecule has 2 rings (SSSR count). The Kier molecular flexibility index (Phi) is 6.05. The second kappa shape index (κ2) is 8.03. The highest BCUT2D eigenvalue weighted by molar-refractivity contribution is 5.70. The van der Waals surface area contributed by atoms with Crippen molar-refractivity contribution in [1.29, 1.82) is 0 Å². The lowest BCUT2D eigenvalue weighted by Gasteiger charge is -2.29. The lowest BCUT2D eigenvalue weighted by atomic mass is 10.0. The number of hydrogen-bond acceptors (Lipinski definition) is 3. The van der Waals surface area contributed by atoms with Gasteiger partial charge in [0.2, 0.25) is 0 Å². The zero-order valence-electron chi connectivity index (χ0n) is 13.0. The maximum Gasteiger partial charge on any atom is 0.412 e. The van der Waals surface area contributed by atoms with Gasteiger partial charge in [-0.15, -0.1) is 0 Å². The van der Waals surface area contributed by atoms with Gasteiger partial charge in [-0.25, -0.2) is 4.79 Å². The summed E-state index contributed by atoms with van der Waals surface area (Å²) in [6.07, 6.45) is 3.27. The zero-order valence-corrected chi connectivity index (χ0v) is 13.0. The van der Waals surface area contributed by atoms with Gasteiger partial charge in [-0.2, -0.15) is 0 Å². The van der Waals surface area contributed by atoms with E-state index in [2.05, 4.69) is 24.1 Å². The summed E-state index contributed by atoms with van der Waals surface area (Å²) >= 11 is 0. The van der Waals surface area contributed by atoms with Gasteiger partial charge in [0, 0.05) is 12.6 Å². The molecule has 21 heavy (non-hydrogen) atoms. The third kappa shape index (κ3) is 5.38. The molecule has 1 atom stereocenters. The summed E-state index contributed by atoms with van der Waals surface area (Å²) in [6, 6.07) is 9.59. The van der Waals surface area contributed by atoms with E-state index in [1.807, 2.05) is 18.2 Å². The normalized spacial score (nSPS) is 16.9. The summed E-state index contributed by atoms with van der Waals surface area (Å²) in [5.41, 5.74) is 0. The number of carbonyl (C=O) groups is 1. The maximum atomic E-state index is 11.9. The van der Waals surface area contributed by atoms with E-state index in [4.69, 9.17) is 4.74 Å². The molecule has 0 saturated carbocycles. The Morgan fingerprint density at radius 1 is 1.24 bits per heavy atom. The molecule has 0 spiro atoms. The van der Waals surface area contributed by atoms with Crippen molar-refractivity contribution in [1.82, 2.24) is 10.2 Å². The molecule has 0 bridgehead atoms. The van der Waals surface area contributed by atoms with Crippen molar-refractivity contribution in [2.45, 2.75) is 39.2 Å². The summed E-state index contributed by atoms with van der Waals surface area (Å²) in [6.45, 7) is 7.40. The van der Waals surface area contributed by atoms with Crippen molar-refractivity contribution in [2.24, 2.45) is 5.92 Å². The Bertz CT molecular complexity index is 428. The van der Waals surface area contributed by atoms with Gasteiger partial charge in [0.25, 0.3) is 0 Å². The van der Waals surface area contributed by atoms with E-state index in [0.29, 0.717) is 24.3 Å². The number of ether oxygens (including phenoxy) is 1. The lowest BCUT2D eigenvalue weighted by Crippen LogP contribution is -2.44. The molecule has 0 radical (unpaired) electrons. The van der Waals surface area contributed by atoms with Crippen LogP contribution in [0, 0.1) is 5.92 Å². The largest absolute Gasteiger partial charge is 0.412 e. The Hall–Kier alpha value is -1.55. The van der Waals surface area contributed by atoms with Crippen LogP contribution in [0.15, 0.2) is 30.3 Å². The minimum atomic E-state index is -0.367. The molecule has 1 unspecified atom stereocenters. The van der Waals surface area contributed by atoms with Gasteiger partial charge in [0.1, 0.15) is 5.75 Å². The first-order chi connectivity index (χ1) is 10.1. The van der Waals surface area contributed by atoms with Crippen molar-refractivity contribution < 1.29 is 9.53 Å². The fourth-order valence-corrected chi connectivity index (χ4v) is 2.85. The minimum Gasteiger partial charge on any atom is -0.410 e. The van der Waals surface area contributed by atoms with E-state index in [1.54, 1.807) is 12.1 Å². The van der Waals surface area contributed by atoms with E-state index in [9.17, 15) is 4.79 Å². The summed E-state index contributed by atoms with van der Waals surface area (Å²) < 4.78 is 5.26. The summed E-state index contributed by atoms with van der Waals surface area (Å²) in [4.78, 5) is 14.4. The van der Waals surface area contributed by atoms with Crippen LogP contribution in [0.1, 0.15) is 33.1 Å². The number of benzene rings is 1. The molecular formula is C17H26N2O2. The lowest BCUT2D eigenvalue weighted by molar-refractivity contribution is 0.181. The Labute approximate surface area is 127 Å². The van der Waals surface area contributed by atoms with Crippen LogP contribution in [0.25, 0.3) is 0 Å². The summed E-state index contributed by atoms with van der Waals surface area (Å²) in [5, 5.41) is 2.91. The number of nitrogens with one attached hydrogen (secondary N) is 1.